The summed E-state index contributed by atoms with van der Waals surface area (Å²) in [4.78, 5) is 0. The smallest absolute Gasteiger partial charge is 0.00782 e. The first-order chi connectivity index (χ1) is 11.8. The van der Waals surface area contributed by atoms with Crippen molar-refractivity contribution in [3.05, 3.63) is 103 Å². The van der Waals surface area contributed by atoms with Crippen LogP contribution in [-0.4, -0.2) is 0 Å². The van der Waals surface area contributed by atoms with Crippen LogP contribution in [0.25, 0.3) is 5.57 Å². The Morgan fingerprint density at radius 2 is 1.58 bits per heavy atom. The average molecular weight is 314 g/mol. The lowest BCUT2D eigenvalue weighted by molar-refractivity contribution is 0.583. The topological polar surface area (TPSA) is 0 Å². The first-order valence-corrected chi connectivity index (χ1v) is 8.90. The molecule has 2 aromatic carbocycles. The van der Waals surface area contributed by atoms with Crippen LogP contribution in [0.5, 0.6) is 0 Å². The second-order valence-corrected chi connectivity index (χ2v) is 6.68. The second kappa shape index (κ2) is 7.97. The molecule has 0 heteroatoms. The van der Waals surface area contributed by atoms with Gasteiger partial charge in [-0.25, -0.2) is 0 Å². The van der Waals surface area contributed by atoms with E-state index in [1.165, 1.54) is 29.5 Å². The minimum absolute atomic E-state index is 0.593. The maximum atomic E-state index is 3.83. The molecule has 0 nitrogen and oxygen atoms in total. The standard InChI is InChI=1S/C13H14.C11H12/c1-2-11-8-9-13(10-11)12-6-4-3-5-7-12;1-9-7-8-11(9)10-5-3-2-4-6-10/h2-7,10-11H,1,8-9H2;2-9,11H,1H3. The zero-order valence-corrected chi connectivity index (χ0v) is 14.4. The molecule has 0 N–H and O–H groups in total. The summed E-state index contributed by atoms with van der Waals surface area (Å²) in [6.45, 7) is 6.09. The van der Waals surface area contributed by atoms with Crippen LogP contribution >= 0.6 is 0 Å². The van der Waals surface area contributed by atoms with E-state index < -0.39 is 0 Å². The molecule has 0 aromatic heterocycles. The number of rotatable bonds is 3. The molecule has 24 heavy (non-hydrogen) atoms. The minimum atomic E-state index is 0.593. The molecule has 4 rings (SSSR count). The molecular formula is C24H26. The van der Waals surface area contributed by atoms with E-state index in [2.05, 4.69) is 92.4 Å². The van der Waals surface area contributed by atoms with Crippen molar-refractivity contribution in [3.8, 4) is 0 Å². The first kappa shape index (κ1) is 16.5. The molecule has 2 aromatic rings. The van der Waals surface area contributed by atoms with Gasteiger partial charge in [0.25, 0.3) is 0 Å². The molecule has 0 saturated heterocycles. The lowest BCUT2D eigenvalue weighted by Crippen LogP contribution is -2.12. The van der Waals surface area contributed by atoms with Crippen molar-refractivity contribution in [1.29, 1.82) is 0 Å². The molecule has 2 aliphatic carbocycles. The van der Waals surface area contributed by atoms with E-state index in [9.17, 15) is 0 Å². The quantitative estimate of drug-likeness (QED) is 0.557. The number of hydrogen-bond acceptors (Lipinski definition) is 0. The first-order valence-electron chi connectivity index (χ1n) is 8.90. The summed E-state index contributed by atoms with van der Waals surface area (Å²) < 4.78 is 0. The van der Waals surface area contributed by atoms with Gasteiger partial charge in [0.15, 0.2) is 0 Å². The Bertz CT molecular complexity index is 706. The molecule has 3 atom stereocenters. The molecule has 3 unspecified atom stereocenters. The second-order valence-electron chi connectivity index (χ2n) is 6.68. The van der Waals surface area contributed by atoms with Crippen LogP contribution in [0.1, 0.15) is 36.8 Å². The van der Waals surface area contributed by atoms with Gasteiger partial charge in [-0.2, -0.15) is 0 Å². The van der Waals surface area contributed by atoms with E-state index in [0.717, 1.165) is 5.92 Å². The molecule has 0 aliphatic heterocycles. The number of allylic oxidation sites excluding steroid dienone is 5. The predicted octanol–water partition coefficient (Wildman–Crippen LogP) is 6.64. The van der Waals surface area contributed by atoms with Gasteiger partial charge in [-0.15, -0.1) is 6.58 Å². The van der Waals surface area contributed by atoms with Gasteiger partial charge < -0.3 is 0 Å². The molecule has 2 aliphatic rings. The van der Waals surface area contributed by atoms with Crippen LogP contribution in [0.15, 0.2) is 91.5 Å². The van der Waals surface area contributed by atoms with Gasteiger partial charge in [-0.05, 0) is 41.4 Å². The molecule has 122 valence electrons. The van der Waals surface area contributed by atoms with Gasteiger partial charge in [0.05, 0.1) is 0 Å². The summed E-state index contributed by atoms with van der Waals surface area (Å²) in [5.74, 6) is 2.00. The van der Waals surface area contributed by atoms with E-state index in [4.69, 9.17) is 0 Å². The Hall–Kier alpha value is -2.34. The molecule has 0 bridgehead atoms. The maximum Gasteiger partial charge on any atom is 0.00782 e. The fourth-order valence-corrected chi connectivity index (χ4v) is 3.36. The molecule has 0 radical (unpaired) electrons. The van der Waals surface area contributed by atoms with Crippen molar-refractivity contribution in [3.63, 3.8) is 0 Å². The fourth-order valence-electron chi connectivity index (χ4n) is 3.36. The molecular weight excluding hydrogens is 288 g/mol. The van der Waals surface area contributed by atoms with E-state index in [-0.39, 0.29) is 0 Å². The Kier molecular flexibility index (Phi) is 5.48. The molecule has 0 amide bonds. The maximum absolute atomic E-state index is 3.83. The zero-order chi connectivity index (χ0) is 16.8. The van der Waals surface area contributed by atoms with Crippen molar-refractivity contribution in [2.75, 3.05) is 0 Å². The highest BCUT2D eigenvalue weighted by Gasteiger charge is 2.20. The van der Waals surface area contributed by atoms with Gasteiger partial charge in [-0.3, -0.25) is 0 Å². The van der Waals surface area contributed by atoms with Crippen molar-refractivity contribution in [1.82, 2.24) is 0 Å². The van der Waals surface area contributed by atoms with Gasteiger partial charge in [0, 0.05) is 5.92 Å². The third-order valence-electron chi connectivity index (χ3n) is 4.98. The Balaban J connectivity index is 0.000000143. The van der Waals surface area contributed by atoms with E-state index in [0.29, 0.717) is 11.8 Å². The third-order valence-corrected chi connectivity index (χ3v) is 4.98. The molecule has 0 fully saturated rings. The van der Waals surface area contributed by atoms with Crippen molar-refractivity contribution in [2.45, 2.75) is 25.7 Å². The summed E-state index contributed by atoms with van der Waals surface area (Å²) in [6, 6.07) is 21.3. The monoisotopic (exact) mass is 314 g/mol. The number of benzene rings is 2. The molecule has 0 spiro atoms. The summed E-state index contributed by atoms with van der Waals surface area (Å²) >= 11 is 0. The van der Waals surface area contributed by atoms with Crippen LogP contribution in [0.2, 0.25) is 0 Å². The van der Waals surface area contributed by atoms with E-state index in [1.807, 2.05) is 6.08 Å². The fraction of sp³-hybridized carbons (Fsp3) is 0.250. The average Bonchev–Trinajstić information content (AvgIpc) is 3.12. The highest BCUT2D eigenvalue weighted by molar-refractivity contribution is 5.67. The Labute approximate surface area is 146 Å². The largest absolute Gasteiger partial charge is 0.102 e. The SMILES string of the molecule is C=CC1C=C(c2ccccc2)CC1.CC1C=CC1c1ccccc1. The van der Waals surface area contributed by atoms with Gasteiger partial charge in [0.2, 0.25) is 0 Å². The Morgan fingerprint density at radius 3 is 2.08 bits per heavy atom. The predicted molar refractivity (Wildman–Crippen MR) is 105 cm³/mol. The normalized spacial score (nSPS) is 24.4. The lowest BCUT2D eigenvalue weighted by Gasteiger charge is -2.26. The summed E-state index contributed by atoms with van der Waals surface area (Å²) in [5, 5.41) is 0. The summed E-state index contributed by atoms with van der Waals surface area (Å²) in [5.41, 5.74) is 4.29. The van der Waals surface area contributed by atoms with Crippen molar-refractivity contribution in [2.24, 2.45) is 11.8 Å². The molecule has 0 heterocycles. The molecule has 0 saturated carbocycles. The van der Waals surface area contributed by atoms with Gasteiger partial charge >= 0.3 is 0 Å². The zero-order valence-electron chi connectivity index (χ0n) is 14.4. The highest BCUT2D eigenvalue weighted by atomic mass is 14.2. The minimum Gasteiger partial charge on any atom is -0.102 e. The van der Waals surface area contributed by atoms with Crippen LogP contribution in [0.3, 0.4) is 0 Å². The van der Waals surface area contributed by atoms with Crippen LogP contribution < -0.4 is 0 Å². The number of hydrogen-bond donors (Lipinski definition) is 0. The highest BCUT2D eigenvalue weighted by Crippen LogP contribution is 2.34. The summed E-state index contributed by atoms with van der Waals surface area (Å²) in [6.07, 6.45) is 11.3. The van der Waals surface area contributed by atoms with Gasteiger partial charge in [-0.1, -0.05) is 91.9 Å². The van der Waals surface area contributed by atoms with E-state index >= 15 is 0 Å². The van der Waals surface area contributed by atoms with Crippen LogP contribution in [-0.2, 0) is 0 Å². The van der Waals surface area contributed by atoms with Gasteiger partial charge in [0.1, 0.15) is 0 Å². The third kappa shape index (κ3) is 3.94. The van der Waals surface area contributed by atoms with Crippen LogP contribution in [0, 0.1) is 11.8 Å². The lowest BCUT2D eigenvalue weighted by atomic mass is 9.79. The van der Waals surface area contributed by atoms with Crippen LogP contribution in [0.4, 0.5) is 0 Å². The summed E-state index contributed by atoms with van der Waals surface area (Å²) in [7, 11) is 0. The Morgan fingerprint density at radius 1 is 0.917 bits per heavy atom. The van der Waals surface area contributed by atoms with Crippen molar-refractivity contribution >= 4 is 5.57 Å². The van der Waals surface area contributed by atoms with Crippen molar-refractivity contribution < 1.29 is 0 Å². The van der Waals surface area contributed by atoms with E-state index in [1.54, 1.807) is 0 Å².